The van der Waals surface area contributed by atoms with E-state index in [1.807, 2.05) is 24.3 Å². The smallest absolute Gasteiger partial charge is 0.407 e. The van der Waals surface area contributed by atoms with E-state index >= 15 is 0 Å². The summed E-state index contributed by atoms with van der Waals surface area (Å²) >= 11 is 0. The second-order valence-electron chi connectivity index (χ2n) is 9.17. The second-order valence-corrected chi connectivity index (χ2v) is 9.17. The molecule has 0 heterocycles. The van der Waals surface area contributed by atoms with Crippen LogP contribution >= 0.6 is 0 Å². The molecule has 176 valence electrons. The number of carbonyl (C=O) groups is 3. The van der Waals surface area contributed by atoms with Crippen molar-refractivity contribution in [2.24, 2.45) is 11.3 Å². The van der Waals surface area contributed by atoms with Gasteiger partial charge in [-0.3, -0.25) is 9.59 Å². The molecule has 0 aliphatic heterocycles. The normalized spacial score (nSPS) is 13.5. The predicted octanol–water partition coefficient (Wildman–Crippen LogP) is 4.17. The van der Waals surface area contributed by atoms with Crippen molar-refractivity contribution >= 4 is 18.0 Å². The Morgan fingerprint density at radius 2 is 1.55 bits per heavy atom. The molecule has 1 atom stereocenters. The van der Waals surface area contributed by atoms with Gasteiger partial charge in [0, 0.05) is 24.4 Å². The van der Waals surface area contributed by atoms with Crippen molar-refractivity contribution in [1.82, 2.24) is 10.6 Å². The van der Waals surface area contributed by atoms with Gasteiger partial charge >= 0.3 is 12.1 Å². The Hall–Kier alpha value is -3.35. The molecule has 0 bridgehead atoms. The molecule has 1 unspecified atom stereocenters. The molecule has 2 aromatic carbocycles. The second kappa shape index (κ2) is 10.5. The van der Waals surface area contributed by atoms with Crippen LogP contribution in [0.5, 0.6) is 0 Å². The van der Waals surface area contributed by atoms with E-state index in [2.05, 4.69) is 34.9 Å². The van der Waals surface area contributed by atoms with Crippen LogP contribution in [-0.4, -0.2) is 42.8 Å². The van der Waals surface area contributed by atoms with Gasteiger partial charge in [-0.15, -0.1) is 0 Å². The number of carboxylic acid groups (broad SMARTS) is 1. The predicted molar refractivity (Wildman–Crippen MR) is 126 cm³/mol. The van der Waals surface area contributed by atoms with Gasteiger partial charge in [-0.05, 0) is 35.1 Å². The van der Waals surface area contributed by atoms with Crippen LogP contribution in [0, 0.1) is 11.3 Å². The Labute approximate surface area is 194 Å². The third-order valence-corrected chi connectivity index (χ3v) is 6.26. The molecule has 3 rings (SSSR count). The summed E-state index contributed by atoms with van der Waals surface area (Å²) in [5, 5.41) is 14.4. The van der Waals surface area contributed by atoms with Crippen LogP contribution in [0.4, 0.5) is 4.79 Å². The van der Waals surface area contributed by atoms with E-state index in [9.17, 15) is 14.4 Å². The Balaban J connectivity index is 1.44. The molecule has 1 aliphatic rings. The third kappa shape index (κ3) is 5.92. The van der Waals surface area contributed by atoms with Gasteiger partial charge in [-0.1, -0.05) is 69.3 Å². The maximum Gasteiger partial charge on any atom is 0.407 e. The van der Waals surface area contributed by atoms with Crippen molar-refractivity contribution < 1.29 is 24.2 Å². The number of carboxylic acids is 1. The average Bonchev–Trinajstić information content (AvgIpc) is 3.11. The fourth-order valence-corrected chi connectivity index (χ4v) is 4.00. The van der Waals surface area contributed by atoms with Gasteiger partial charge < -0.3 is 20.5 Å². The molecule has 1 aliphatic carbocycles. The van der Waals surface area contributed by atoms with E-state index in [0.717, 1.165) is 11.1 Å². The number of hydrogen-bond acceptors (Lipinski definition) is 4. The highest BCUT2D eigenvalue weighted by Gasteiger charge is 2.30. The van der Waals surface area contributed by atoms with Gasteiger partial charge in [0.2, 0.25) is 5.91 Å². The first kappa shape index (κ1) is 24.3. The number of fused-ring (bicyclic) bond motifs is 3. The first-order valence-electron chi connectivity index (χ1n) is 11.3. The largest absolute Gasteiger partial charge is 0.481 e. The summed E-state index contributed by atoms with van der Waals surface area (Å²) < 4.78 is 5.52. The van der Waals surface area contributed by atoms with Crippen molar-refractivity contribution in [2.45, 2.75) is 39.5 Å². The number of amides is 2. The van der Waals surface area contributed by atoms with Crippen LogP contribution in [0.15, 0.2) is 48.5 Å². The topological polar surface area (TPSA) is 105 Å². The summed E-state index contributed by atoms with van der Waals surface area (Å²) in [5.74, 6) is -1.56. The lowest BCUT2D eigenvalue weighted by molar-refractivity contribution is -0.141. The first-order chi connectivity index (χ1) is 15.7. The van der Waals surface area contributed by atoms with E-state index in [0.29, 0.717) is 25.9 Å². The monoisotopic (exact) mass is 452 g/mol. The minimum atomic E-state index is -0.879. The Morgan fingerprint density at radius 1 is 0.970 bits per heavy atom. The highest BCUT2D eigenvalue weighted by molar-refractivity contribution is 5.82. The van der Waals surface area contributed by atoms with Crippen molar-refractivity contribution in [2.75, 3.05) is 19.7 Å². The number of carbonyl (C=O) groups excluding carboxylic acids is 2. The number of nitrogens with one attached hydrogen (secondary N) is 2. The zero-order valence-electron chi connectivity index (χ0n) is 19.4. The zero-order chi connectivity index (χ0) is 24.0. The van der Waals surface area contributed by atoms with Crippen molar-refractivity contribution in [3.05, 3.63) is 59.7 Å². The molecule has 7 heteroatoms. The fraction of sp³-hybridized carbons (Fsp3) is 0.423. The summed E-state index contributed by atoms with van der Waals surface area (Å²) in [7, 11) is 0. The average molecular weight is 453 g/mol. The van der Waals surface area contributed by atoms with Crippen LogP contribution in [-0.2, 0) is 14.3 Å². The molecule has 0 fully saturated rings. The van der Waals surface area contributed by atoms with E-state index in [1.165, 1.54) is 11.1 Å². The van der Waals surface area contributed by atoms with Gasteiger partial charge in [-0.25, -0.2) is 4.79 Å². The highest BCUT2D eigenvalue weighted by Crippen LogP contribution is 2.44. The minimum Gasteiger partial charge on any atom is -0.481 e. The third-order valence-electron chi connectivity index (χ3n) is 6.26. The fourth-order valence-electron chi connectivity index (χ4n) is 4.00. The number of ether oxygens (including phenoxy) is 1. The minimum absolute atomic E-state index is 0.00133. The SMILES string of the molecule is CC(CCNC(=O)C(C)(C)CCNC(=O)OCC1c2ccccc2-c2ccccc21)C(=O)O. The Kier molecular flexibility index (Phi) is 7.74. The van der Waals surface area contributed by atoms with Crippen molar-refractivity contribution in [3.8, 4) is 11.1 Å². The molecule has 33 heavy (non-hydrogen) atoms. The van der Waals surface area contributed by atoms with E-state index in [1.54, 1.807) is 20.8 Å². The quantitative estimate of drug-likeness (QED) is 0.502. The molecule has 3 N–H and O–H groups in total. The van der Waals surface area contributed by atoms with Crippen molar-refractivity contribution in [3.63, 3.8) is 0 Å². The highest BCUT2D eigenvalue weighted by atomic mass is 16.5. The summed E-state index contributed by atoms with van der Waals surface area (Å²) in [6.07, 6.45) is 0.287. The van der Waals surface area contributed by atoms with Crippen LogP contribution in [0.25, 0.3) is 11.1 Å². The molecule has 0 spiro atoms. The molecule has 0 saturated heterocycles. The van der Waals surface area contributed by atoms with Gasteiger partial charge in [0.05, 0.1) is 5.92 Å². The number of benzene rings is 2. The molecule has 7 nitrogen and oxygen atoms in total. The van der Waals surface area contributed by atoms with Gasteiger partial charge in [-0.2, -0.15) is 0 Å². The molecular formula is C26H32N2O5. The number of alkyl carbamates (subject to hydrolysis) is 1. The Morgan fingerprint density at radius 3 is 2.12 bits per heavy atom. The number of hydrogen-bond donors (Lipinski definition) is 3. The van der Waals surface area contributed by atoms with Crippen LogP contribution in [0.3, 0.4) is 0 Å². The summed E-state index contributed by atoms with van der Waals surface area (Å²) in [5.41, 5.74) is 3.95. The van der Waals surface area contributed by atoms with E-state index in [-0.39, 0.29) is 18.4 Å². The molecular weight excluding hydrogens is 420 g/mol. The lowest BCUT2D eigenvalue weighted by atomic mass is 9.88. The van der Waals surface area contributed by atoms with Crippen LogP contribution in [0.1, 0.15) is 50.7 Å². The molecule has 2 aromatic rings. The number of aliphatic carboxylic acids is 1. The maximum absolute atomic E-state index is 12.4. The van der Waals surface area contributed by atoms with Crippen LogP contribution < -0.4 is 10.6 Å². The maximum atomic E-state index is 12.4. The molecule has 2 amide bonds. The molecule has 0 aromatic heterocycles. The standard InChI is InChI=1S/C26H32N2O5/c1-17(23(29)30)12-14-27-24(31)26(2,3)13-15-28-25(32)33-16-22-20-10-6-4-8-18(20)19-9-5-7-11-21(19)22/h4-11,17,22H,12-16H2,1-3H3,(H,27,31)(H,28,32)(H,29,30). The van der Waals surface area contributed by atoms with Gasteiger partial charge in [0.1, 0.15) is 6.61 Å². The Bertz CT molecular complexity index is 972. The molecule has 0 saturated carbocycles. The van der Waals surface area contributed by atoms with E-state index < -0.39 is 23.4 Å². The van der Waals surface area contributed by atoms with Crippen molar-refractivity contribution in [1.29, 1.82) is 0 Å². The first-order valence-corrected chi connectivity index (χ1v) is 11.3. The van der Waals surface area contributed by atoms with Gasteiger partial charge in [0.25, 0.3) is 0 Å². The summed E-state index contributed by atoms with van der Waals surface area (Å²) in [6.45, 7) is 6.03. The van der Waals surface area contributed by atoms with E-state index in [4.69, 9.17) is 9.84 Å². The van der Waals surface area contributed by atoms with Crippen LogP contribution in [0.2, 0.25) is 0 Å². The lowest BCUT2D eigenvalue weighted by Crippen LogP contribution is -2.40. The lowest BCUT2D eigenvalue weighted by Gasteiger charge is -2.24. The molecule has 0 radical (unpaired) electrons. The van der Waals surface area contributed by atoms with Gasteiger partial charge in [0.15, 0.2) is 0 Å². The summed E-state index contributed by atoms with van der Waals surface area (Å²) in [4.78, 5) is 35.6. The number of rotatable bonds is 10. The summed E-state index contributed by atoms with van der Waals surface area (Å²) in [6, 6.07) is 16.3. The zero-order valence-corrected chi connectivity index (χ0v) is 19.4.